The number of carbonyl (C=O) groups excluding carboxylic acids is 1. The van der Waals surface area contributed by atoms with Crippen LogP contribution in [0.2, 0.25) is 0 Å². The molecule has 0 spiro atoms. The monoisotopic (exact) mass is 527 g/mol. The number of piperidine rings is 2. The lowest BCUT2D eigenvalue weighted by Crippen LogP contribution is -2.60. The van der Waals surface area contributed by atoms with Crippen LogP contribution in [0.25, 0.3) is 11.2 Å². The van der Waals surface area contributed by atoms with Crippen LogP contribution in [-0.2, 0) is 17.5 Å². The fourth-order valence-electron chi connectivity index (χ4n) is 5.64. The lowest BCUT2D eigenvalue weighted by atomic mass is 9.59. The molecule has 1 aliphatic carbocycles. The SMILES string of the molecule is O=CCC1(CN(F)c2ccc(C(F)(F)F)nc2)CC2CCC1CN2c1cnc2cnn(CC(F)F)c2n1. The number of fused-ring (bicyclic) bond motifs is 4. The zero-order chi connectivity index (χ0) is 26.4. The van der Waals surface area contributed by atoms with E-state index in [4.69, 9.17) is 0 Å². The average Bonchev–Trinajstić information content (AvgIpc) is 3.25. The lowest BCUT2D eigenvalue weighted by molar-refractivity contribution is -0.141. The maximum atomic E-state index is 15.2. The highest BCUT2D eigenvalue weighted by Gasteiger charge is 2.51. The van der Waals surface area contributed by atoms with E-state index in [0.29, 0.717) is 29.4 Å². The van der Waals surface area contributed by atoms with Gasteiger partial charge in [-0.15, -0.1) is 0 Å². The number of alkyl halides is 5. The number of aromatic nitrogens is 5. The molecule has 6 rings (SSSR count). The highest BCUT2D eigenvalue weighted by atomic mass is 19.4. The van der Waals surface area contributed by atoms with Gasteiger partial charge >= 0.3 is 6.18 Å². The minimum atomic E-state index is -4.63. The molecule has 0 amide bonds. The summed E-state index contributed by atoms with van der Waals surface area (Å²) in [6.07, 6.45) is -0.714. The molecule has 3 aromatic heterocycles. The Balaban J connectivity index is 1.37. The molecule has 0 aromatic carbocycles. The number of aldehydes is 1. The Kier molecular flexibility index (Phi) is 6.44. The molecule has 3 aromatic rings. The van der Waals surface area contributed by atoms with Crippen molar-refractivity contribution in [1.82, 2.24) is 24.7 Å². The Hall–Kier alpha value is -3.45. The number of rotatable bonds is 8. The van der Waals surface area contributed by atoms with Gasteiger partial charge in [0.1, 0.15) is 29.9 Å². The maximum Gasteiger partial charge on any atom is 0.433 e. The minimum Gasteiger partial charge on any atom is -0.352 e. The molecule has 37 heavy (non-hydrogen) atoms. The Morgan fingerprint density at radius 2 is 1.97 bits per heavy atom. The van der Waals surface area contributed by atoms with Crippen molar-refractivity contribution < 1.29 is 31.2 Å². The normalized spacial score (nSPS) is 23.7. The highest BCUT2D eigenvalue weighted by molar-refractivity contribution is 5.71. The molecule has 198 valence electrons. The number of hydrogen-bond acceptors (Lipinski definition) is 7. The number of pyridine rings is 1. The summed E-state index contributed by atoms with van der Waals surface area (Å²) < 4.78 is 80.6. The summed E-state index contributed by atoms with van der Waals surface area (Å²) >= 11 is 0. The predicted octanol–water partition coefficient (Wildman–Crippen LogP) is 4.46. The largest absolute Gasteiger partial charge is 0.433 e. The minimum absolute atomic E-state index is 0.0857. The van der Waals surface area contributed by atoms with Crippen molar-refractivity contribution in [2.45, 2.75) is 50.9 Å². The van der Waals surface area contributed by atoms with Crippen LogP contribution in [0.4, 0.5) is 37.9 Å². The van der Waals surface area contributed by atoms with Crippen LogP contribution >= 0.6 is 0 Å². The predicted molar refractivity (Wildman–Crippen MR) is 121 cm³/mol. The van der Waals surface area contributed by atoms with Crippen LogP contribution in [0, 0.1) is 11.3 Å². The smallest absolute Gasteiger partial charge is 0.352 e. The van der Waals surface area contributed by atoms with Crippen LogP contribution in [0.1, 0.15) is 31.4 Å². The first kappa shape index (κ1) is 25.2. The van der Waals surface area contributed by atoms with Gasteiger partial charge in [-0.2, -0.15) is 18.3 Å². The van der Waals surface area contributed by atoms with Crippen LogP contribution in [-0.4, -0.2) is 56.6 Å². The topological polar surface area (TPSA) is 80.0 Å². The molecule has 2 aliphatic heterocycles. The molecule has 0 N–H and O–H groups in total. The lowest BCUT2D eigenvalue weighted by Gasteiger charge is -2.56. The molecular weight excluding hydrogens is 504 g/mol. The van der Waals surface area contributed by atoms with E-state index in [1.54, 1.807) is 6.20 Å². The zero-order valence-corrected chi connectivity index (χ0v) is 19.5. The van der Waals surface area contributed by atoms with E-state index < -0.39 is 30.3 Å². The molecule has 3 fully saturated rings. The third kappa shape index (κ3) is 4.80. The summed E-state index contributed by atoms with van der Waals surface area (Å²) in [4.78, 5) is 25.8. The van der Waals surface area contributed by atoms with E-state index in [1.165, 1.54) is 6.20 Å². The van der Waals surface area contributed by atoms with Crippen molar-refractivity contribution in [3.63, 3.8) is 0 Å². The molecule has 3 unspecified atom stereocenters. The van der Waals surface area contributed by atoms with Gasteiger partial charge in [-0.3, -0.25) is 0 Å². The summed E-state index contributed by atoms with van der Waals surface area (Å²) in [6, 6.07) is 1.63. The summed E-state index contributed by atoms with van der Waals surface area (Å²) in [6.45, 7) is -0.346. The maximum absolute atomic E-state index is 15.2. The number of anilines is 2. The fourth-order valence-corrected chi connectivity index (χ4v) is 5.64. The number of carbonyl (C=O) groups is 1. The van der Waals surface area contributed by atoms with Gasteiger partial charge in [-0.05, 0) is 37.3 Å². The van der Waals surface area contributed by atoms with Crippen LogP contribution in [0.3, 0.4) is 0 Å². The van der Waals surface area contributed by atoms with Crippen molar-refractivity contribution in [2.24, 2.45) is 11.3 Å². The second kappa shape index (κ2) is 9.45. The van der Waals surface area contributed by atoms with Crippen LogP contribution in [0.5, 0.6) is 0 Å². The van der Waals surface area contributed by atoms with Gasteiger partial charge in [-0.1, -0.05) is 4.48 Å². The molecule has 8 nitrogen and oxygen atoms in total. The molecule has 0 radical (unpaired) electrons. The highest BCUT2D eigenvalue weighted by Crippen LogP contribution is 2.51. The van der Waals surface area contributed by atoms with Crippen molar-refractivity contribution in [1.29, 1.82) is 0 Å². The van der Waals surface area contributed by atoms with E-state index in [-0.39, 0.29) is 36.3 Å². The first-order valence-corrected chi connectivity index (χ1v) is 11.7. The van der Waals surface area contributed by atoms with Crippen molar-refractivity contribution >= 4 is 29.0 Å². The Labute approximate surface area is 207 Å². The van der Waals surface area contributed by atoms with Gasteiger partial charge in [-0.25, -0.2) is 33.5 Å². The second-order valence-electron chi connectivity index (χ2n) is 9.59. The van der Waals surface area contributed by atoms with Crippen molar-refractivity contribution in [2.75, 3.05) is 23.1 Å². The zero-order valence-electron chi connectivity index (χ0n) is 19.5. The first-order chi connectivity index (χ1) is 17.6. The molecule has 5 heterocycles. The van der Waals surface area contributed by atoms with Crippen LogP contribution < -0.4 is 10.0 Å². The van der Waals surface area contributed by atoms with E-state index in [0.717, 1.165) is 42.1 Å². The third-order valence-corrected chi connectivity index (χ3v) is 7.41. The summed E-state index contributed by atoms with van der Waals surface area (Å²) in [7, 11) is 0. The standard InChI is InChI=1S/C23H23F6N7O/c24-19(25)12-36-21-17(9-32-36)30-10-20(33-21)34-11-14-1-2-15(34)7-22(14,5-6-37)13-35(29)16-3-4-18(31-8-16)23(26,27)28/h3-4,6,8-10,14-15,19H,1-2,5,7,11-13H2. The summed E-state index contributed by atoms with van der Waals surface area (Å²) in [5, 5.41) is 4.29. The van der Waals surface area contributed by atoms with E-state index in [2.05, 4.69) is 20.1 Å². The first-order valence-electron chi connectivity index (χ1n) is 11.7. The third-order valence-electron chi connectivity index (χ3n) is 7.41. The number of hydrogen-bond donors (Lipinski definition) is 0. The van der Waals surface area contributed by atoms with Crippen LogP contribution in [0.15, 0.2) is 30.7 Å². The molecular formula is C23H23F6N7O. The number of nitrogens with zero attached hydrogens (tertiary/aromatic N) is 7. The van der Waals surface area contributed by atoms with Gasteiger partial charge in [0.25, 0.3) is 6.43 Å². The summed E-state index contributed by atoms with van der Waals surface area (Å²) in [5.74, 6) is 0.369. The average molecular weight is 527 g/mol. The Morgan fingerprint density at radius 1 is 1.16 bits per heavy atom. The molecule has 2 bridgehead atoms. The van der Waals surface area contributed by atoms with Gasteiger partial charge in [0.05, 0.1) is 30.8 Å². The quantitative estimate of drug-likeness (QED) is 0.243. The number of halogens is 6. The van der Waals surface area contributed by atoms with E-state index in [1.807, 2.05) is 4.90 Å². The molecule has 3 atom stereocenters. The van der Waals surface area contributed by atoms with Crippen molar-refractivity contribution in [3.05, 3.63) is 36.4 Å². The van der Waals surface area contributed by atoms with Gasteiger partial charge in [0.2, 0.25) is 0 Å². The Bertz CT molecular complexity index is 1270. The summed E-state index contributed by atoms with van der Waals surface area (Å²) in [5.41, 5.74) is -1.36. The molecule has 3 aliphatic rings. The van der Waals surface area contributed by atoms with Gasteiger partial charge in [0, 0.05) is 24.4 Å². The molecule has 14 heteroatoms. The molecule has 1 saturated carbocycles. The van der Waals surface area contributed by atoms with E-state index >= 15 is 4.48 Å². The Morgan fingerprint density at radius 3 is 2.59 bits per heavy atom. The van der Waals surface area contributed by atoms with Crippen molar-refractivity contribution in [3.8, 4) is 0 Å². The molecule has 2 saturated heterocycles. The second-order valence-corrected chi connectivity index (χ2v) is 9.59. The van der Waals surface area contributed by atoms with Gasteiger partial charge < -0.3 is 9.69 Å². The van der Waals surface area contributed by atoms with E-state index in [9.17, 15) is 26.7 Å². The fraction of sp³-hybridized carbons (Fsp3) is 0.522. The van der Waals surface area contributed by atoms with Gasteiger partial charge in [0.15, 0.2) is 5.65 Å².